The SMILES string of the molecule is CCCCc1nc(SCCC(N)=O)n[nH]1. The van der Waals surface area contributed by atoms with E-state index in [2.05, 4.69) is 22.1 Å². The fourth-order valence-electron chi connectivity index (χ4n) is 1.04. The number of thioether (sulfide) groups is 1. The van der Waals surface area contributed by atoms with Gasteiger partial charge in [-0.3, -0.25) is 9.89 Å². The molecule has 1 heterocycles. The second-order valence-electron chi connectivity index (χ2n) is 3.23. The number of hydrogen-bond donors (Lipinski definition) is 2. The Hall–Kier alpha value is -1.04. The van der Waals surface area contributed by atoms with Gasteiger partial charge in [0, 0.05) is 18.6 Å². The fraction of sp³-hybridized carbons (Fsp3) is 0.667. The number of aryl methyl sites for hydroxylation is 1. The van der Waals surface area contributed by atoms with Gasteiger partial charge in [0.05, 0.1) is 0 Å². The lowest BCUT2D eigenvalue weighted by molar-refractivity contribution is -0.117. The predicted molar refractivity (Wildman–Crippen MR) is 59.5 cm³/mol. The number of primary amides is 1. The molecular weight excluding hydrogens is 212 g/mol. The Bertz CT molecular complexity index is 313. The lowest BCUT2D eigenvalue weighted by atomic mass is 10.2. The van der Waals surface area contributed by atoms with E-state index < -0.39 is 0 Å². The van der Waals surface area contributed by atoms with E-state index in [1.54, 1.807) is 0 Å². The topological polar surface area (TPSA) is 84.7 Å². The van der Waals surface area contributed by atoms with Crippen LogP contribution in [0.5, 0.6) is 0 Å². The van der Waals surface area contributed by atoms with Crippen molar-refractivity contribution in [2.45, 2.75) is 37.8 Å². The molecule has 0 unspecified atom stereocenters. The molecule has 0 saturated carbocycles. The zero-order valence-corrected chi connectivity index (χ0v) is 9.64. The summed E-state index contributed by atoms with van der Waals surface area (Å²) < 4.78 is 0. The molecule has 15 heavy (non-hydrogen) atoms. The first-order valence-electron chi connectivity index (χ1n) is 5.04. The highest BCUT2D eigenvalue weighted by molar-refractivity contribution is 7.99. The minimum absolute atomic E-state index is 0.288. The number of unbranched alkanes of at least 4 members (excludes halogenated alkanes) is 1. The van der Waals surface area contributed by atoms with Crippen LogP contribution in [0.4, 0.5) is 0 Å². The van der Waals surface area contributed by atoms with Gasteiger partial charge in [0.2, 0.25) is 11.1 Å². The first kappa shape index (κ1) is 12.0. The van der Waals surface area contributed by atoms with Crippen molar-refractivity contribution in [3.8, 4) is 0 Å². The van der Waals surface area contributed by atoms with Gasteiger partial charge in [0.15, 0.2) is 0 Å². The van der Waals surface area contributed by atoms with Gasteiger partial charge in [-0.1, -0.05) is 25.1 Å². The number of nitrogens with zero attached hydrogens (tertiary/aromatic N) is 2. The van der Waals surface area contributed by atoms with Crippen LogP contribution in [0, 0.1) is 0 Å². The van der Waals surface area contributed by atoms with Crippen LogP contribution in [-0.4, -0.2) is 26.8 Å². The monoisotopic (exact) mass is 228 g/mol. The Balaban J connectivity index is 2.29. The third kappa shape index (κ3) is 4.83. The van der Waals surface area contributed by atoms with E-state index in [1.807, 2.05) is 0 Å². The van der Waals surface area contributed by atoms with Crippen LogP contribution in [0.15, 0.2) is 5.16 Å². The third-order valence-electron chi connectivity index (χ3n) is 1.86. The molecule has 1 rings (SSSR count). The van der Waals surface area contributed by atoms with Crippen LogP contribution in [0.1, 0.15) is 32.0 Å². The quantitative estimate of drug-likeness (QED) is 0.685. The number of rotatable bonds is 7. The van der Waals surface area contributed by atoms with Gasteiger partial charge >= 0.3 is 0 Å². The van der Waals surface area contributed by atoms with E-state index in [-0.39, 0.29) is 5.91 Å². The highest BCUT2D eigenvalue weighted by Gasteiger charge is 2.04. The molecule has 1 amide bonds. The van der Waals surface area contributed by atoms with Crippen LogP contribution in [0.2, 0.25) is 0 Å². The van der Waals surface area contributed by atoms with Gasteiger partial charge in [-0.25, -0.2) is 4.98 Å². The second kappa shape index (κ2) is 6.44. The molecule has 0 aromatic carbocycles. The molecule has 3 N–H and O–H groups in total. The number of hydrogen-bond acceptors (Lipinski definition) is 4. The fourth-order valence-corrected chi connectivity index (χ4v) is 1.81. The number of aromatic nitrogens is 3. The van der Waals surface area contributed by atoms with Crippen LogP contribution < -0.4 is 5.73 Å². The van der Waals surface area contributed by atoms with Crippen molar-refractivity contribution < 1.29 is 4.79 Å². The zero-order valence-electron chi connectivity index (χ0n) is 8.82. The summed E-state index contributed by atoms with van der Waals surface area (Å²) in [4.78, 5) is 14.8. The van der Waals surface area contributed by atoms with Crippen molar-refractivity contribution >= 4 is 17.7 Å². The van der Waals surface area contributed by atoms with Gasteiger partial charge in [-0.2, -0.15) is 0 Å². The molecule has 0 atom stereocenters. The molecule has 0 fully saturated rings. The van der Waals surface area contributed by atoms with Gasteiger partial charge in [-0.15, -0.1) is 5.10 Å². The van der Waals surface area contributed by atoms with Gasteiger partial charge in [0.1, 0.15) is 5.82 Å². The first-order valence-corrected chi connectivity index (χ1v) is 6.03. The molecule has 5 nitrogen and oxygen atoms in total. The summed E-state index contributed by atoms with van der Waals surface area (Å²) in [7, 11) is 0. The normalized spacial score (nSPS) is 10.5. The van der Waals surface area contributed by atoms with E-state index in [0.717, 1.165) is 25.1 Å². The minimum atomic E-state index is -0.288. The number of carbonyl (C=O) groups is 1. The van der Waals surface area contributed by atoms with Crippen LogP contribution in [0.3, 0.4) is 0 Å². The number of H-pyrrole nitrogens is 1. The standard InChI is InChI=1S/C9H16N4OS/c1-2-3-4-8-11-9(13-12-8)15-6-5-7(10)14/h2-6H2,1H3,(H2,10,14)(H,11,12,13). The summed E-state index contributed by atoms with van der Waals surface area (Å²) in [5.41, 5.74) is 5.03. The second-order valence-corrected chi connectivity index (χ2v) is 4.30. The maximum Gasteiger partial charge on any atom is 0.218 e. The molecule has 1 aromatic heterocycles. The van der Waals surface area contributed by atoms with Gasteiger partial charge in [0.25, 0.3) is 0 Å². The lowest BCUT2D eigenvalue weighted by Crippen LogP contribution is -2.10. The lowest BCUT2D eigenvalue weighted by Gasteiger charge is -1.92. The third-order valence-corrected chi connectivity index (χ3v) is 2.71. The average molecular weight is 228 g/mol. The molecule has 0 spiro atoms. The smallest absolute Gasteiger partial charge is 0.218 e. The summed E-state index contributed by atoms with van der Waals surface area (Å²) in [6, 6.07) is 0. The zero-order chi connectivity index (χ0) is 11.1. The summed E-state index contributed by atoms with van der Waals surface area (Å²) in [5, 5.41) is 7.62. The minimum Gasteiger partial charge on any atom is -0.370 e. The molecule has 0 radical (unpaired) electrons. The van der Waals surface area contributed by atoms with Crippen molar-refractivity contribution in [1.82, 2.24) is 15.2 Å². The molecule has 0 aliphatic carbocycles. The largest absolute Gasteiger partial charge is 0.370 e. The van der Waals surface area contributed by atoms with E-state index in [1.165, 1.54) is 11.8 Å². The first-order chi connectivity index (χ1) is 7.22. The molecule has 0 bridgehead atoms. The number of aromatic amines is 1. The molecule has 6 heteroatoms. The van der Waals surface area contributed by atoms with Gasteiger partial charge in [-0.05, 0) is 6.42 Å². The Morgan fingerprint density at radius 1 is 1.60 bits per heavy atom. The van der Waals surface area contributed by atoms with Crippen LogP contribution in [0.25, 0.3) is 0 Å². The number of nitrogens with two attached hydrogens (primary N) is 1. The van der Waals surface area contributed by atoms with E-state index in [0.29, 0.717) is 17.3 Å². The molecule has 0 saturated heterocycles. The predicted octanol–water partition coefficient (Wildman–Crippen LogP) is 1.11. The average Bonchev–Trinajstić information content (AvgIpc) is 2.62. The van der Waals surface area contributed by atoms with E-state index >= 15 is 0 Å². The molecular formula is C9H16N4OS. The summed E-state index contributed by atoms with van der Waals surface area (Å²) in [5.74, 6) is 1.27. The maximum absolute atomic E-state index is 10.5. The number of nitrogens with one attached hydrogen (secondary N) is 1. The summed E-state index contributed by atoms with van der Waals surface area (Å²) in [6.07, 6.45) is 3.55. The van der Waals surface area contributed by atoms with E-state index in [4.69, 9.17) is 5.73 Å². The molecule has 0 aliphatic heterocycles. The Morgan fingerprint density at radius 3 is 3.07 bits per heavy atom. The van der Waals surface area contributed by atoms with Crippen molar-refractivity contribution in [2.75, 3.05) is 5.75 Å². The Labute approximate surface area is 93.2 Å². The maximum atomic E-state index is 10.5. The van der Waals surface area contributed by atoms with E-state index in [9.17, 15) is 4.79 Å². The van der Waals surface area contributed by atoms with Crippen molar-refractivity contribution in [3.63, 3.8) is 0 Å². The summed E-state index contributed by atoms with van der Waals surface area (Å²) in [6.45, 7) is 2.14. The molecule has 0 aliphatic rings. The summed E-state index contributed by atoms with van der Waals surface area (Å²) >= 11 is 1.45. The van der Waals surface area contributed by atoms with Crippen molar-refractivity contribution in [1.29, 1.82) is 0 Å². The van der Waals surface area contributed by atoms with Crippen molar-refractivity contribution in [3.05, 3.63) is 5.82 Å². The van der Waals surface area contributed by atoms with Gasteiger partial charge < -0.3 is 5.73 Å². The van der Waals surface area contributed by atoms with Crippen LogP contribution in [-0.2, 0) is 11.2 Å². The highest BCUT2D eigenvalue weighted by atomic mass is 32.2. The number of amides is 1. The van der Waals surface area contributed by atoms with Crippen LogP contribution >= 0.6 is 11.8 Å². The molecule has 1 aromatic rings. The Kier molecular flexibility index (Phi) is 5.17. The highest BCUT2D eigenvalue weighted by Crippen LogP contribution is 2.13. The molecule has 84 valence electrons. The number of carbonyl (C=O) groups excluding carboxylic acids is 1. The Morgan fingerprint density at radius 2 is 2.40 bits per heavy atom. The van der Waals surface area contributed by atoms with Crippen molar-refractivity contribution in [2.24, 2.45) is 5.73 Å².